The van der Waals surface area contributed by atoms with Crippen LogP contribution in [0.15, 0.2) is 18.3 Å². The summed E-state index contributed by atoms with van der Waals surface area (Å²) in [6.07, 6.45) is 2.16. The van der Waals surface area contributed by atoms with Gasteiger partial charge in [-0.2, -0.15) is 5.10 Å². The van der Waals surface area contributed by atoms with Gasteiger partial charge in [-0.3, -0.25) is 4.68 Å². The van der Waals surface area contributed by atoms with Crippen molar-refractivity contribution in [3.05, 3.63) is 47.2 Å². The van der Waals surface area contributed by atoms with Crippen LogP contribution in [-0.2, 0) is 11.3 Å². The Hall–Kier alpha value is -2.20. The van der Waals surface area contributed by atoms with Crippen LogP contribution in [0.3, 0.4) is 0 Å². The van der Waals surface area contributed by atoms with Crippen LogP contribution in [0.1, 0.15) is 12.0 Å². The van der Waals surface area contributed by atoms with Crippen LogP contribution >= 0.6 is 12.2 Å². The third-order valence-corrected chi connectivity index (χ3v) is 3.46. The van der Waals surface area contributed by atoms with Crippen molar-refractivity contribution in [3.8, 4) is 0 Å². The van der Waals surface area contributed by atoms with Gasteiger partial charge in [-0.25, -0.2) is 17.6 Å². The van der Waals surface area contributed by atoms with Crippen molar-refractivity contribution in [1.82, 2.24) is 15.1 Å². The number of rotatable bonds is 7. The number of anilines is 1. The van der Waals surface area contributed by atoms with E-state index < -0.39 is 35.4 Å². The predicted octanol–water partition coefficient (Wildman–Crippen LogP) is 2.81. The molecule has 0 radical (unpaired) electrons. The first-order chi connectivity index (χ1) is 11.9. The zero-order chi connectivity index (χ0) is 18.4. The molecule has 0 bridgehead atoms. The zero-order valence-electron chi connectivity index (χ0n) is 13.3. The molecule has 0 aliphatic rings. The second kappa shape index (κ2) is 8.77. The topological polar surface area (TPSA) is 51.1 Å². The van der Waals surface area contributed by atoms with Crippen LogP contribution in [0.5, 0.6) is 0 Å². The Bertz CT molecular complexity index is 727. The second-order valence-corrected chi connectivity index (χ2v) is 5.48. The summed E-state index contributed by atoms with van der Waals surface area (Å²) in [6, 6.07) is 1.67. The predicted molar refractivity (Wildman–Crippen MR) is 88.3 cm³/mol. The summed E-state index contributed by atoms with van der Waals surface area (Å²) in [4.78, 5) is 0. The molecule has 2 N–H and O–H groups in total. The smallest absolute Gasteiger partial charge is 0.171 e. The van der Waals surface area contributed by atoms with Crippen molar-refractivity contribution in [3.63, 3.8) is 0 Å². The van der Waals surface area contributed by atoms with Gasteiger partial charge in [0.05, 0.1) is 12.1 Å². The zero-order valence-corrected chi connectivity index (χ0v) is 14.1. The van der Waals surface area contributed by atoms with Crippen molar-refractivity contribution >= 4 is 23.1 Å². The molecule has 0 unspecified atom stereocenters. The maximum atomic E-state index is 13.7. The molecule has 0 atom stereocenters. The van der Waals surface area contributed by atoms with Gasteiger partial charge in [0.15, 0.2) is 34.2 Å². The number of hydrogen-bond acceptors (Lipinski definition) is 3. The molecule has 2 aromatic rings. The molecule has 0 aliphatic heterocycles. The van der Waals surface area contributed by atoms with Gasteiger partial charge in [-0.05, 0) is 18.6 Å². The first-order valence-electron chi connectivity index (χ1n) is 7.31. The van der Waals surface area contributed by atoms with E-state index in [0.717, 1.165) is 11.1 Å². The fraction of sp³-hybridized carbons (Fsp3) is 0.333. The minimum absolute atomic E-state index is 0.165. The average molecular weight is 376 g/mol. The van der Waals surface area contributed by atoms with Crippen molar-refractivity contribution < 1.29 is 22.3 Å². The van der Waals surface area contributed by atoms with Crippen molar-refractivity contribution in [2.45, 2.75) is 13.0 Å². The van der Waals surface area contributed by atoms with Crippen LogP contribution in [0, 0.1) is 23.3 Å². The Kier molecular flexibility index (Phi) is 6.71. The highest BCUT2D eigenvalue weighted by Gasteiger charge is 2.19. The minimum atomic E-state index is -1.46. The number of hydrogen-bond donors (Lipinski definition) is 2. The van der Waals surface area contributed by atoms with E-state index in [1.54, 1.807) is 7.11 Å². The Balaban J connectivity index is 1.99. The maximum Gasteiger partial charge on any atom is 0.171 e. The van der Waals surface area contributed by atoms with Gasteiger partial charge in [0, 0.05) is 38.6 Å². The highest BCUT2D eigenvalue weighted by atomic mass is 32.1. The van der Waals surface area contributed by atoms with E-state index >= 15 is 0 Å². The summed E-state index contributed by atoms with van der Waals surface area (Å²) in [5, 5.41) is 10.0. The Morgan fingerprint density at radius 2 is 1.92 bits per heavy atom. The molecule has 1 aromatic heterocycles. The first kappa shape index (κ1) is 19.1. The van der Waals surface area contributed by atoms with E-state index in [2.05, 4.69) is 15.7 Å². The molecule has 1 heterocycles. The average Bonchev–Trinajstić information content (AvgIpc) is 3.01. The maximum absolute atomic E-state index is 13.7. The number of aromatic nitrogens is 2. The molecule has 0 fully saturated rings. The summed E-state index contributed by atoms with van der Waals surface area (Å²) in [5.74, 6) is -5.48. The number of nitrogens with one attached hydrogen (secondary N) is 2. The Morgan fingerprint density at radius 3 is 2.56 bits per heavy atom. The summed E-state index contributed by atoms with van der Waals surface area (Å²) < 4.78 is 59.8. The van der Waals surface area contributed by atoms with E-state index in [-0.39, 0.29) is 6.07 Å². The number of halogens is 4. The summed E-state index contributed by atoms with van der Waals surface area (Å²) in [6.45, 7) is 0.715. The van der Waals surface area contributed by atoms with Gasteiger partial charge >= 0.3 is 0 Å². The number of benzene rings is 1. The molecule has 1 aromatic carbocycles. The normalized spacial score (nSPS) is 10.8. The van der Waals surface area contributed by atoms with Gasteiger partial charge in [0.1, 0.15) is 0 Å². The standard InChI is InChI=1S/C15H16F4N4OS/c1-24-6-2-4-20-15(25)21-12-3-5-23(22-12)8-9-13(18)10(16)7-11(17)14(9)19/h3,5,7H,2,4,6,8H2,1H3,(H2,20,21,22,25). The molecule has 10 heteroatoms. The molecule has 136 valence electrons. The Labute approximate surface area is 147 Å². The number of nitrogens with zero attached hydrogens (tertiary/aromatic N) is 2. The summed E-state index contributed by atoms with van der Waals surface area (Å²) in [5.41, 5.74) is -0.743. The molecule has 2 rings (SSSR count). The molecule has 25 heavy (non-hydrogen) atoms. The van der Waals surface area contributed by atoms with Crippen LogP contribution < -0.4 is 10.6 Å². The van der Waals surface area contributed by atoms with Crippen LogP contribution in [0.2, 0.25) is 0 Å². The lowest BCUT2D eigenvalue weighted by molar-refractivity contribution is 0.196. The largest absolute Gasteiger partial charge is 0.385 e. The lowest BCUT2D eigenvalue weighted by Gasteiger charge is -2.09. The molecule has 0 saturated heterocycles. The molecular weight excluding hydrogens is 360 g/mol. The van der Waals surface area contributed by atoms with Crippen molar-refractivity contribution in [1.29, 1.82) is 0 Å². The minimum Gasteiger partial charge on any atom is -0.385 e. The van der Waals surface area contributed by atoms with Crippen molar-refractivity contribution in [2.24, 2.45) is 0 Å². The van der Waals surface area contributed by atoms with Gasteiger partial charge in [0.25, 0.3) is 0 Å². The van der Waals surface area contributed by atoms with Crippen molar-refractivity contribution in [2.75, 3.05) is 25.6 Å². The lowest BCUT2D eigenvalue weighted by Crippen LogP contribution is -2.30. The molecule has 5 nitrogen and oxygen atoms in total. The third kappa shape index (κ3) is 5.13. The SMILES string of the molecule is COCCCNC(=S)Nc1ccn(Cc2c(F)c(F)cc(F)c2F)n1. The fourth-order valence-electron chi connectivity index (χ4n) is 2.02. The monoisotopic (exact) mass is 376 g/mol. The number of thiocarbonyl (C=S) groups is 1. The van der Waals surface area contributed by atoms with Gasteiger partial charge < -0.3 is 15.4 Å². The lowest BCUT2D eigenvalue weighted by atomic mass is 10.2. The molecule has 0 aliphatic carbocycles. The van der Waals surface area contributed by atoms with Crippen LogP contribution in [-0.4, -0.2) is 35.2 Å². The van der Waals surface area contributed by atoms with E-state index in [1.807, 2.05) is 0 Å². The van der Waals surface area contributed by atoms with Crippen LogP contribution in [0.25, 0.3) is 0 Å². The summed E-state index contributed by atoms with van der Waals surface area (Å²) in [7, 11) is 1.60. The van der Waals surface area contributed by atoms with Gasteiger partial charge in [0.2, 0.25) is 0 Å². The second-order valence-electron chi connectivity index (χ2n) is 5.07. The molecular formula is C15H16F4N4OS. The quantitative estimate of drug-likeness (QED) is 0.337. The molecule has 0 spiro atoms. The first-order valence-corrected chi connectivity index (χ1v) is 7.72. The van der Waals surface area contributed by atoms with Gasteiger partial charge in [-0.15, -0.1) is 0 Å². The van der Waals surface area contributed by atoms with E-state index in [4.69, 9.17) is 17.0 Å². The number of ether oxygens (including phenoxy) is 1. The summed E-state index contributed by atoms with van der Waals surface area (Å²) >= 11 is 5.07. The van der Waals surface area contributed by atoms with E-state index in [9.17, 15) is 17.6 Å². The fourth-order valence-corrected chi connectivity index (χ4v) is 2.23. The molecule has 0 amide bonds. The van der Waals surface area contributed by atoms with Crippen LogP contribution in [0.4, 0.5) is 23.4 Å². The molecule has 0 saturated carbocycles. The third-order valence-electron chi connectivity index (χ3n) is 3.22. The van der Waals surface area contributed by atoms with Gasteiger partial charge in [-0.1, -0.05) is 0 Å². The van der Waals surface area contributed by atoms with E-state index in [0.29, 0.717) is 24.1 Å². The highest BCUT2D eigenvalue weighted by Crippen LogP contribution is 2.20. The Morgan fingerprint density at radius 1 is 1.24 bits per heavy atom. The van der Waals surface area contributed by atoms with E-state index in [1.165, 1.54) is 12.3 Å². The number of methoxy groups -OCH3 is 1. The highest BCUT2D eigenvalue weighted by molar-refractivity contribution is 7.80.